The number of hydrogen-bond donors (Lipinski definition) is 1. The van der Waals surface area contributed by atoms with Crippen LogP contribution in [0.3, 0.4) is 0 Å². The first-order valence-electron chi connectivity index (χ1n) is 15.0. The summed E-state index contributed by atoms with van der Waals surface area (Å²) in [5.74, 6) is 1.89. The highest BCUT2D eigenvalue weighted by Gasteiger charge is 2.35. The van der Waals surface area contributed by atoms with Crippen LogP contribution >= 0.6 is 11.6 Å². The average molecular weight is 648 g/mol. The van der Waals surface area contributed by atoms with Gasteiger partial charge in [-0.3, -0.25) is 9.36 Å². The summed E-state index contributed by atoms with van der Waals surface area (Å²) in [6.45, 7) is 3.22. The summed E-state index contributed by atoms with van der Waals surface area (Å²) >= 11 is 6.39. The Morgan fingerprint density at radius 2 is 1.82 bits per heavy atom. The Balaban J connectivity index is 1.49. The minimum atomic E-state index is -3.49. The minimum absolute atomic E-state index is 0.0539. The molecule has 3 heterocycles. The number of nitrogens with zero attached hydrogens (tertiary/aromatic N) is 6. The molecule has 44 heavy (non-hydrogen) atoms. The minimum Gasteiger partial charge on any atom is -0.493 e. The monoisotopic (exact) mass is 647 g/mol. The lowest BCUT2D eigenvalue weighted by molar-refractivity contribution is -0.121. The Morgan fingerprint density at radius 3 is 2.55 bits per heavy atom. The van der Waals surface area contributed by atoms with Crippen molar-refractivity contribution in [2.45, 2.75) is 64.5 Å². The predicted molar refractivity (Wildman–Crippen MR) is 170 cm³/mol. The van der Waals surface area contributed by atoms with Gasteiger partial charge in [0.2, 0.25) is 21.9 Å². The molecular formula is C30H42ClN7O5S. The topological polar surface area (TPSA) is 132 Å². The third-order valence-electron chi connectivity index (χ3n) is 7.65. The molecule has 12 nitrogen and oxygen atoms in total. The maximum atomic E-state index is 13.4. The number of imidazole rings is 1. The largest absolute Gasteiger partial charge is 0.493 e. The van der Waals surface area contributed by atoms with Crippen molar-refractivity contribution in [2.75, 3.05) is 44.5 Å². The van der Waals surface area contributed by atoms with Crippen LogP contribution in [0.25, 0.3) is 5.95 Å². The lowest BCUT2D eigenvalue weighted by Crippen LogP contribution is -2.56. The van der Waals surface area contributed by atoms with E-state index in [0.717, 1.165) is 31.2 Å². The second-order valence-corrected chi connectivity index (χ2v) is 13.3. The number of piperazine rings is 1. The van der Waals surface area contributed by atoms with Crippen LogP contribution in [0.15, 0.2) is 43.0 Å². The standard InChI is InChI=1S/C30H42ClN7O5S/c1-4-5-6-7-8-9-16-44(40,41)37-14-15-38(28-19-27(31)34-30(35-28)36-13-12-32-22-36)24(21-37)18-29(39)33-20-23-10-11-25(42-2)26(17-23)43-3/h10-13,17,19,22,24H,4-9,14-16,18,20-21H2,1-3H3,(H,33,39). The summed E-state index contributed by atoms with van der Waals surface area (Å²) in [7, 11) is -0.371. The number of nitrogens with one attached hydrogen (secondary N) is 1. The lowest BCUT2D eigenvalue weighted by atomic mass is 10.1. The third-order valence-corrected chi connectivity index (χ3v) is 9.77. The van der Waals surface area contributed by atoms with Crippen LogP contribution in [0, 0.1) is 0 Å². The van der Waals surface area contributed by atoms with Gasteiger partial charge in [-0.1, -0.05) is 56.7 Å². The first-order valence-corrected chi connectivity index (χ1v) is 17.0. The zero-order valence-electron chi connectivity index (χ0n) is 25.6. The van der Waals surface area contributed by atoms with Gasteiger partial charge in [-0.05, 0) is 24.1 Å². The Labute approximate surface area is 264 Å². The highest BCUT2D eigenvalue weighted by molar-refractivity contribution is 7.89. The SMILES string of the molecule is CCCCCCCCS(=O)(=O)N1CCN(c2cc(Cl)nc(-n3ccnc3)n2)C(CC(=O)NCc2ccc(OC)c(OC)c2)C1. The second-order valence-electron chi connectivity index (χ2n) is 10.8. The fourth-order valence-electron chi connectivity index (χ4n) is 5.26. The second kappa shape index (κ2) is 16.1. The van der Waals surface area contributed by atoms with Crippen molar-refractivity contribution < 1.29 is 22.7 Å². The molecule has 0 spiro atoms. The zero-order chi connectivity index (χ0) is 31.5. The first-order chi connectivity index (χ1) is 21.2. The number of halogens is 1. The molecule has 2 aromatic heterocycles. The van der Waals surface area contributed by atoms with E-state index in [4.69, 9.17) is 21.1 Å². The van der Waals surface area contributed by atoms with Crippen LogP contribution in [-0.2, 0) is 21.4 Å². The molecule has 1 N–H and O–H groups in total. The highest BCUT2D eigenvalue weighted by Crippen LogP contribution is 2.28. The van der Waals surface area contributed by atoms with Crippen LogP contribution in [0.5, 0.6) is 11.5 Å². The predicted octanol–water partition coefficient (Wildman–Crippen LogP) is 4.22. The molecule has 1 atom stereocenters. The number of carbonyl (C=O) groups excluding carboxylic acids is 1. The molecule has 1 saturated heterocycles. The number of ether oxygens (including phenoxy) is 2. The van der Waals surface area contributed by atoms with Crippen molar-refractivity contribution in [2.24, 2.45) is 0 Å². The summed E-state index contributed by atoms with van der Waals surface area (Å²) < 4.78 is 40.6. The van der Waals surface area contributed by atoms with Crippen molar-refractivity contribution in [3.05, 3.63) is 53.7 Å². The van der Waals surface area contributed by atoms with Gasteiger partial charge in [-0.15, -0.1) is 0 Å². The quantitative estimate of drug-likeness (QED) is 0.179. The van der Waals surface area contributed by atoms with Gasteiger partial charge in [0.15, 0.2) is 11.5 Å². The fourth-order valence-corrected chi connectivity index (χ4v) is 7.02. The van der Waals surface area contributed by atoms with Gasteiger partial charge in [0.25, 0.3) is 0 Å². The van der Waals surface area contributed by atoms with Crippen LogP contribution < -0.4 is 19.7 Å². The first kappa shape index (κ1) is 33.5. The number of aromatic nitrogens is 4. The Bertz CT molecular complexity index is 1470. The smallest absolute Gasteiger partial charge is 0.238 e. The van der Waals surface area contributed by atoms with Crippen LogP contribution in [-0.4, -0.2) is 83.8 Å². The molecule has 0 aliphatic carbocycles. The Kier molecular flexibility index (Phi) is 12.2. The number of hydrogen-bond acceptors (Lipinski definition) is 9. The molecule has 1 fully saturated rings. The zero-order valence-corrected chi connectivity index (χ0v) is 27.2. The molecule has 0 saturated carbocycles. The number of sulfonamides is 1. The van der Waals surface area contributed by atoms with Crippen LogP contribution in [0.2, 0.25) is 5.15 Å². The van der Waals surface area contributed by atoms with E-state index in [1.54, 1.807) is 49.6 Å². The van der Waals surface area contributed by atoms with E-state index >= 15 is 0 Å². The van der Waals surface area contributed by atoms with Gasteiger partial charge in [0, 0.05) is 51.1 Å². The van der Waals surface area contributed by atoms with Gasteiger partial charge < -0.3 is 19.7 Å². The average Bonchev–Trinajstić information content (AvgIpc) is 3.57. The van der Waals surface area contributed by atoms with E-state index in [2.05, 4.69) is 27.2 Å². The Morgan fingerprint density at radius 1 is 1.05 bits per heavy atom. The molecule has 1 unspecified atom stereocenters. The highest BCUT2D eigenvalue weighted by atomic mass is 35.5. The lowest BCUT2D eigenvalue weighted by Gasteiger charge is -2.41. The normalized spacial score (nSPS) is 15.7. The summed E-state index contributed by atoms with van der Waals surface area (Å²) in [6.07, 6.45) is 10.9. The molecule has 4 rings (SSSR count). The van der Waals surface area contributed by atoms with Gasteiger partial charge in [-0.25, -0.2) is 18.4 Å². The maximum Gasteiger partial charge on any atom is 0.238 e. The molecule has 14 heteroatoms. The van der Waals surface area contributed by atoms with E-state index in [0.29, 0.717) is 36.2 Å². The van der Waals surface area contributed by atoms with Crippen molar-refractivity contribution in [1.82, 2.24) is 29.1 Å². The van der Waals surface area contributed by atoms with Gasteiger partial charge in [0.1, 0.15) is 17.3 Å². The van der Waals surface area contributed by atoms with E-state index in [1.165, 1.54) is 10.7 Å². The molecule has 1 aliphatic rings. The number of unbranched alkanes of at least 4 members (excludes halogenated alkanes) is 5. The molecule has 0 bridgehead atoms. The van der Waals surface area contributed by atoms with E-state index in [-0.39, 0.29) is 42.9 Å². The summed E-state index contributed by atoms with van der Waals surface area (Å²) in [6, 6.07) is 6.60. The molecule has 1 amide bonds. The summed E-state index contributed by atoms with van der Waals surface area (Å²) in [4.78, 5) is 28.3. The van der Waals surface area contributed by atoms with Crippen molar-refractivity contribution in [3.8, 4) is 17.4 Å². The van der Waals surface area contributed by atoms with Crippen molar-refractivity contribution in [3.63, 3.8) is 0 Å². The Hall–Kier alpha value is -3.42. The van der Waals surface area contributed by atoms with E-state index in [1.807, 2.05) is 17.0 Å². The number of benzene rings is 1. The number of amides is 1. The molecule has 0 radical (unpaired) electrons. The van der Waals surface area contributed by atoms with E-state index < -0.39 is 16.1 Å². The summed E-state index contributed by atoms with van der Waals surface area (Å²) in [5, 5.41) is 3.19. The number of methoxy groups -OCH3 is 2. The van der Waals surface area contributed by atoms with Crippen LogP contribution in [0.1, 0.15) is 57.4 Å². The third kappa shape index (κ3) is 9.05. The number of rotatable bonds is 16. The number of carbonyl (C=O) groups is 1. The summed E-state index contributed by atoms with van der Waals surface area (Å²) in [5.41, 5.74) is 0.840. The molecular weight excluding hydrogens is 606 g/mol. The van der Waals surface area contributed by atoms with Crippen molar-refractivity contribution in [1.29, 1.82) is 0 Å². The van der Waals surface area contributed by atoms with E-state index in [9.17, 15) is 13.2 Å². The fraction of sp³-hybridized carbons (Fsp3) is 0.533. The van der Waals surface area contributed by atoms with Crippen LogP contribution in [0.4, 0.5) is 5.82 Å². The van der Waals surface area contributed by atoms with Crippen molar-refractivity contribution >= 4 is 33.3 Å². The molecule has 1 aliphatic heterocycles. The molecule has 240 valence electrons. The molecule has 3 aromatic rings. The number of anilines is 1. The van der Waals surface area contributed by atoms with Gasteiger partial charge in [-0.2, -0.15) is 9.29 Å². The maximum absolute atomic E-state index is 13.4. The van der Waals surface area contributed by atoms with Gasteiger partial charge >= 0.3 is 0 Å². The molecule has 1 aromatic carbocycles. The van der Waals surface area contributed by atoms with Gasteiger partial charge in [0.05, 0.1) is 26.0 Å².